The minimum absolute atomic E-state index is 0.0645. The number of nitrogens with one attached hydrogen (secondary N) is 1. The van der Waals surface area contributed by atoms with Crippen molar-refractivity contribution in [3.8, 4) is 0 Å². The quantitative estimate of drug-likeness (QED) is 0.700. The SMILES string of the molecule is Cc1nc(CNC(=O)CCCC(C)N)sc1C(=O)O. The van der Waals surface area contributed by atoms with Crippen LogP contribution in [0.1, 0.15) is 46.6 Å². The fourth-order valence-electron chi connectivity index (χ4n) is 1.57. The third kappa shape index (κ3) is 5.35. The Labute approximate surface area is 116 Å². The molecule has 1 heterocycles. The fourth-order valence-corrected chi connectivity index (χ4v) is 2.42. The van der Waals surface area contributed by atoms with Crippen molar-refractivity contribution in [3.63, 3.8) is 0 Å². The minimum Gasteiger partial charge on any atom is -0.477 e. The van der Waals surface area contributed by atoms with E-state index >= 15 is 0 Å². The van der Waals surface area contributed by atoms with Gasteiger partial charge in [-0.15, -0.1) is 11.3 Å². The van der Waals surface area contributed by atoms with Gasteiger partial charge in [0.15, 0.2) is 0 Å². The fraction of sp³-hybridized carbons (Fsp3) is 0.583. The maximum Gasteiger partial charge on any atom is 0.347 e. The van der Waals surface area contributed by atoms with E-state index in [0.29, 0.717) is 17.1 Å². The molecule has 0 fully saturated rings. The third-order valence-corrected chi connectivity index (χ3v) is 3.68. The zero-order valence-corrected chi connectivity index (χ0v) is 11.9. The smallest absolute Gasteiger partial charge is 0.347 e. The Hall–Kier alpha value is -1.47. The van der Waals surface area contributed by atoms with Gasteiger partial charge in [0.25, 0.3) is 0 Å². The van der Waals surface area contributed by atoms with Gasteiger partial charge in [0.05, 0.1) is 12.2 Å². The largest absolute Gasteiger partial charge is 0.477 e. The molecule has 4 N–H and O–H groups in total. The van der Waals surface area contributed by atoms with Gasteiger partial charge in [-0.1, -0.05) is 0 Å². The lowest BCUT2D eigenvalue weighted by atomic mass is 10.1. The minimum atomic E-state index is -0.982. The molecule has 0 spiro atoms. The van der Waals surface area contributed by atoms with Crippen LogP contribution in [-0.4, -0.2) is 28.0 Å². The van der Waals surface area contributed by atoms with Crippen molar-refractivity contribution >= 4 is 23.2 Å². The van der Waals surface area contributed by atoms with E-state index in [9.17, 15) is 9.59 Å². The molecule has 1 unspecified atom stereocenters. The van der Waals surface area contributed by atoms with Gasteiger partial charge in [-0.3, -0.25) is 4.79 Å². The molecule has 1 amide bonds. The zero-order valence-electron chi connectivity index (χ0n) is 11.1. The Morgan fingerprint density at radius 3 is 2.74 bits per heavy atom. The summed E-state index contributed by atoms with van der Waals surface area (Å²) in [7, 11) is 0. The number of nitrogens with zero attached hydrogens (tertiary/aromatic N) is 1. The molecule has 0 aliphatic heterocycles. The number of nitrogens with two attached hydrogens (primary N) is 1. The summed E-state index contributed by atoms with van der Waals surface area (Å²) in [6, 6.07) is 0.104. The molecule has 0 bridgehead atoms. The van der Waals surface area contributed by atoms with Crippen molar-refractivity contribution < 1.29 is 14.7 Å². The standard InChI is InChI=1S/C12H19N3O3S/c1-7(13)4-3-5-9(16)14-6-10-15-8(2)11(19-10)12(17)18/h7H,3-6,13H2,1-2H3,(H,14,16)(H,17,18). The van der Waals surface area contributed by atoms with E-state index in [1.165, 1.54) is 0 Å². The number of carbonyl (C=O) groups excluding carboxylic acids is 1. The molecule has 0 aliphatic rings. The van der Waals surface area contributed by atoms with E-state index in [-0.39, 0.29) is 23.4 Å². The molecule has 106 valence electrons. The van der Waals surface area contributed by atoms with Crippen LogP contribution in [-0.2, 0) is 11.3 Å². The monoisotopic (exact) mass is 285 g/mol. The summed E-state index contributed by atoms with van der Waals surface area (Å²) in [5.41, 5.74) is 6.08. The molecule has 1 aromatic heterocycles. The average molecular weight is 285 g/mol. The average Bonchev–Trinajstić information content (AvgIpc) is 2.67. The number of hydrogen-bond donors (Lipinski definition) is 3. The maximum absolute atomic E-state index is 11.5. The van der Waals surface area contributed by atoms with Crippen molar-refractivity contribution in [1.29, 1.82) is 0 Å². The topological polar surface area (TPSA) is 105 Å². The summed E-state index contributed by atoms with van der Waals surface area (Å²) in [5, 5.41) is 12.2. The molecule has 1 rings (SSSR count). The summed E-state index contributed by atoms with van der Waals surface area (Å²) in [5.74, 6) is -1.05. The van der Waals surface area contributed by atoms with Crippen LogP contribution in [0.25, 0.3) is 0 Å². The Kier molecular flexibility index (Phi) is 5.91. The van der Waals surface area contributed by atoms with E-state index in [0.717, 1.165) is 24.2 Å². The summed E-state index contributed by atoms with van der Waals surface area (Å²) in [6.45, 7) is 3.83. The van der Waals surface area contributed by atoms with Crippen molar-refractivity contribution in [2.45, 2.75) is 45.7 Å². The number of rotatable bonds is 7. The number of carboxylic acid groups (broad SMARTS) is 1. The molecule has 1 atom stereocenters. The van der Waals surface area contributed by atoms with Gasteiger partial charge in [0.2, 0.25) is 5.91 Å². The van der Waals surface area contributed by atoms with Crippen molar-refractivity contribution in [2.75, 3.05) is 0 Å². The van der Waals surface area contributed by atoms with E-state index < -0.39 is 5.97 Å². The highest BCUT2D eigenvalue weighted by Crippen LogP contribution is 2.17. The Morgan fingerprint density at radius 2 is 2.21 bits per heavy atom. The van der Waals surface area contributed by atoms with Crippen LogP contribution in [0.15, 0.2) is 0 Å². The van der Waals surface area contributed by atoms with Gasteiger partial charge in [0.1, 0.15) is 9.88 Å². The van der Waals surface area contributed by atoms with Crippen molar-refractivity contribution in [1.82, 2.24) is 10.3 Å². The normalized spacial score (nSPS) is 12.2. The highest BCUT2D eigenvalue weighted by atomic mass is 32.1. The number of amides is 1. The third-order valence-electron chi connectivity index (χ3n) is 2.54. The highest BCUT2D eigenvalue weighted by molar-refractivity contribution is 7.13. The van der Waals surface area contributed by atoms with Crippen LogP contribution in [0, 0.1) is 6.92 Å². The van der Waals surface area contributed by atoms with E-state index in [1.807, 2.05) is 6.92 Å². The van der Waals surface area contributed by atoms with Crippen LogP contribution in [0.4, 0.5) is 0 Å². The summed E-state index contributed by atoms with van der Waals surface area (Å²) in [6.07, 6.45) is 1.99. The zero-order chi connectivity index (χ0) is 14.4. The molecule has 0 saturated heterocycles. The summed E-state index contributed by atoms with van der Waals surface area (Å²) in [4.78, 5) is 26.7. The number of hydrogen-bond acceptors (Lipinski definition) is 5. The van der Waals surface area contributed by atoms with Gasteiger partial charge in [-0.05, 0) is 26.7 Å². The van der Waals surface area contributed by atoms with E-state index in [4.69, 9.17) is 10.8 Å². The molecule has 6 nitrogen and oxygen atoms in total. The van der Waals surface area contributed by atoms with Gasteiger partial charge in [-0.2, -0.15) is 0 Å². The Balaban J connectivity index is 2.38. The first-order valence-corrected chi connectivity index (χ1v) is 6.93. The molecule has 0 radical (unpaired) electrons. The lowest BCUT2D eigenvalue weighted by molar-refractivity contribution is -0.121. The molecular weight excluding hydrogens is 266 g/mol. The lowest BCUT2D eigenvalue weighted by Crippen LogP contribution is -2.23. The number of aryl methyl sites for hydroxylation is 1. The molecule has 1 aromatic rings. The second kappa shape index (κ2) is 7.20. The van der Waals surface area contributed by atoms with Crippen LogP contribution in [0.2, 0.25) is 0 Å². The van der Waals surface area contributed by atoms with Crippen LogP contribution in [0.5, 0.6) is 0 Å². The van der Waals surface area contributed by atoms with E-state index in [1.54, 1.807) is 6.92 Å². The first-order chi connectivity index (χ1) is 8.90. The van der Waals surface area contributed by atoms with Crippen LogP contribution in [0.3, 0.4) is 0 Å². The maximum atomic E-state index is 11.5. The summed E-state index contributed by atoms with van der Waals surface area (Å²) >= 11 is 1.09. The van der Waals surface area contributed by atoms with Crippen molar-refractivity contribution in [3.05, 3.63) is 15.6 Å². The molecule has 0 aromatic carbocycles. The number of carboxylic acids is 1. The first-order valence-electron chi connectivity index (χ1n) is 6.12. The predicted molar refractivity (Wildman–Crippen MR) is 73.2 cm³/mol. The second-order valence-corrected chi connectivity index (χ2v) is 5.56. The van der Waals surface area contributed by atoms with Gasteiger partial charge in [0, 0.05) is 12.5 Å². The lowest BCUT2D eigenvalue weighted by Gasteiger charge is -2.05. The highest BCUT2D eigenvalue weighted by Gasteiger charge is 2.14. The van der Waals surface area contributed by atoms with E-state index in [2.05, 4.69) is 10.3 Å². The Bertz CT molecular complexity index is 457. The molecular formula is C12H19N3O3S. The van der Waals surface area contributed by atoms with Gasteiger partial charge < -0.3 is 16.2 Å². The van der Waals surface area contributed by atoms with Crippen LogP contribution < -0.4 is 11.1 Å². The van der Waals surface area contributed by atoms with Gasteiger partial charge in [-0.25, -0.2) is 9.78 Å². The molecule has 0 aliphatic carbocycles. The summed E-state index contributed by atoms with van der Waals surface area (Å²) < 4.78 is 0. The predicted octanol–water partition coefficient (Wildman–Crippen LogP) is 1.28. The number of thiazole rings is 1. The molecule has 7 heteroatoms. The number of aromatic carboxylic acids is 1. The molecule has 0 saturated carbocycles. The van der Waals surface area contributed by atoms with Crippen molar-refractivity contribution in [2.24, 2.45) is 5.73 Å². The van der Waals surface area contributed by atoms with Gasteiger partial charge >= 0.3 is 5.97 Å². The number of aromatic nitrogens is 1. The first kappa shape index (κ1) is 15.6. The Morgan fingerprint density at radius 1 is 1.53 bits per heavy atom. The molecule has 19 heavy (non-hydrogen) atoms. The van der Waals surface area contributed by atoms with Crippen LogP contribution >= 0.6 is 11.3 Å². The second-order valence-electron chi connectivity index (χ2n) is 4.47. The number of carbonyl (C=O) groups is 2.